The molecule has 0 atom stereocenters. The number of nitrogens with zero attached hydrogens (tertiary/aromatic N) is 2. The number of benzene rings is 2. The highest BCUT2D eigenvalue weighted by atomic mass is 32.2. The van der Waals surface area contributed by atoms with Crippen LogP contribution < -0.4 is 0 Å². The summed E-state index contributed by atoms with van der Waals surface area (Å²) < 4.78 is 64.9. The molecular formula is C16H16N2O8S2. The van der Waals surface area contributed by atoms with Gasteiger partial charge in [-0.1, -0.05) is 24.3 Å². The second-order valence-corrected chi connectivity index (χ2v) is 8.03. The largest absolute Gasteiger partial charge is 0.507 e. The molecule has 0 saturated carbocycles. The average Bonchev–Trinajstić information content (AvgIpc) is 2.58. The highest BCUT2D eigenvalue weighted by Crippen LogP contribution is 2.20. The molecule has 12 heteroatoms. The summed E-state index contributed by atoms with van der Waals surface area (Å²) in [5.41, 5.74) is -0.491. The molecule has 2 aromatic rings. The number of hydrogen-bond donors (Lipinski definition) is 4. The first kappa shape index (κ1) is 21.5. The van der Waals surface area contributed by atoms with E-state index in [1.807, 2.05) is 0 Å². The molecule has 0 unspecified atom stereocenters. The Morgan fingerprint density at radius 2 is 1.00 bits per heavy atom. The van der Waals surface area contributed by atoms with Crippen molar-refractivity contribution in [3.05, 3.63) is 59.7 Å². The Labute approximate surface area is 161 Å². The third-order valence-corrected chi connectivity index (χ3v) is 5.04. The van der Waals surface area contributed by atoms with Gasteiger partial charge in [-0.3, -0.25) is 19.1 Å². The molecule has 0 saturated heterocycles. The topological polar surface area (TPSA) is 174 Å². The Bertz CT molecular complexity index is 1050. The molecule has 4 N–H and O–H groups in total. The summed E-state index contributed by atoms with van der Waals surface area (Å²) in [5, 5.41) is 17.9. The van der Waals surface area contributed by atoms with Crippen molar-refractivity contribution in [3.8, 4) is 11.5 Å². The molecule has 0 aliphatic carbocycles. The summed E-state index contributed by atoms with van der Waals surface area (Å²) in [6.45, 7) is -0.813. The Morgan fingerprint density at radius 3 is 1.29 bits per heavy atom. The Kier molecular flexibility index (Phi) is 6.51. The van der Waals surface area contributed by atoms with Gasteiger partial charge in [0, 0.05) is 0 Å². The van der Waals surface area contributed by atoms with Gasteiger partial charge in [0.1, 0.15) is 11.5 Å². The van der Waals surface area contributed by atoms with E-state index in [9.17, 15) is 36.2 Å². The first-order valence-corrected chi connectivity index (χ1v) is 10.5. The van der Waals surface area contributed by atoms with E-state index in [2.05, 4.69) is 9.98 Å². The van der Waals surface area contributed by atoms with Gasteiger partial charge >= 0.3 is 20.2 Å². The number of hydrogen-bond acceptors (Lipinski definition) is 8. The Morgan fingerprint density at radius 1 is 0.679 bits per heavy atom. The normalized spacial score (nSPS) is 13.5. The lowest BCUT2D eigenvalue weighted by molar-refractivity contribution is 0.472. The molecule has 2 aromatic carbocycles. The molecule has 0 aliphatic heterocycles. The predicted octanol–water partition coefficient (Wildman–Crippen LogP) is 1.07. The molecule has 150 valence electrons. The van der Waals surface area contributed by atoms with Gasteiger partial charge in [-0.15, -0.1) is 0 Å². The summed E-state index contributed by atoms with van der Waals surface area (Å²) in [6.07, 6.45) is 0. The van der Waals surface area contributed by atoms with Crippen LogP contribution in [-0.4, -0.2) is 59.3 Å². The van der Waals surface area contributed by atoms with Crippen LogP contribution in [0.15, 0.2) is 58.5 Å². The number of aliphatic imine (C=N–C) groups is 2. The minimum Gasteiger partial charge on any atom is -0.507 e. The van der Waals surface area contributed by atoms with Crippen molar-refractivity contribution >= 4 is 30.3 Å². The maximum absolute atomic E-state index is 11.5. The van der Waals surface area contributed by atoms with Crippen LogP contribution in [-0.2, 0) is 20.2 Å². The second-order valence-electron chi connectivity index (χ2n) is 5.36. The van der Waals surface area contributed by atoms with E-state index in [1.165, 1.54) is 48.5 Å². The van der Waals surface area contributed by atoms with E-state index in [4.69, 9.17) is 0 Å². The number of aromatic hydroxyl groups is 2. The number of phenolic OH excluding ortho intramolecular Hbond substituents is 2. The van der Waals surface area contributed by atoms with E-state index in [1.54, 1.807) is 0 Å². The maximum atomic E-state index is 11.5. The van der Waals surface area contributed by atoms with Gasteiger partial charge in [0.2, 0.25) is 0 Å². The van der Waals surface area contributed by atoms with Crippen LogP contribution >= 0.6 is 0 Å². The SMILES string of the molecule is O=S(=O)(O)C(=NCCN=C(c1ccccc1O)S(=O)(=O)O)c1ccccc1O. The molecule has 2 rings (SSSR count). The zero-order valence-electron chi connectivity index (χ0n) is 14.2. The number of phenols is 2. The van der Waals surface area contributed by atoms with Crippen LogP contribution in [0.2, 0.25) is 0 Å². The number of para-hydroxylation sites is 2. The van der Waals surface area contributed by atoms with Crippen molar-refractivity contribution in [2.24, 2.45) is 9.98 Å². The minimum atomic E-state index is -4.79. The quantitative estimate of drug-likeness (QED) is 0.237. The third-order valence-electron chi connectivity index (χ3n) is 3.37. The van der Waals surface area contributed by atoms with Gasteiger partial charge in [-0.25, -0.2) is 0 Å². The molecule has 0 aromatic heterocycles. The molecule has 0 fully saturated rings. The summed E-state index contributed by atoms with van der Waals surface area (Å²) in [6, 6.07) is 10.6. The Balaban J connectivity index is 2.36. The summed E-state index contributed by atoms with van der Waals surface area (Å²) in [7, 11) is -9.59. The predicted molar refractivity (Wildman–Crippen MR) is 102 cm³/mol. The van der Waals surface area contributed by atoms with Gasteiger partial charge in [0.15, 0.2) is 10.1 Å². The van der Waals surface area contributed by atoms with Crippen molar-refractivity contribution in [2.45, 2.75) is 0 Å². The van der Waals surface area contributed by atoms with E-state index in [0.717, 1.165) is 0 Å². The van der Waals surface area contributed by atoms with Gasteiger partial charge < -0.3 is 10.2 Å². The zero-order chi connectivity index (χ0) is 20.9. The number of rotatable bonds is 5. The van der Waals surface area contributed by atoms with Gasteiger partial charge in [0.25, 0.3) is 0 Å². The van der Waals surface area contributed by atoms with Crippen molar-refractivity contribution in [3.63, 3.8) is 0 Å². The van der Waals surface area contributed by atoms with Crippen LogP contribution in [0.25, 0.3) is 0 Å². The van der Waals surface area contributed by atoms with E-state index >= 15 is 0 Å². The van der Waals surface area contributed by atoms with Gasteiger partial charge in [0.05, 0.1) is 24.2 Å². The monoisotopic (exact) mass is 428 g/mol. The van der Waals surface area contributed by atoms with Crippen LogP contribution in [0.1, 0.15) is 11.1 Å². The molecule has 0 amide bonds. The molecule has 0 spiro atoms. The summed E-state index contributed by atoms with van der Waals surface area (Å²) in [4.78, 5) is 7.34. The lowest BCUT2D eigenvalue weighted by atomic mass is 10.2. The first-order valence-electron chi connectivity index (χ1n) is 7.62. The standard InChI is InChI=1S/C16H16N2O8S2/c19-13-7-3-1-5-11(13)15(27(21,22)23)17-9-10-18-16(28(24,25)26)12-6-2-4-8-14(12)20/h1-8,19-20H,9-10H2,(H,21,22,23)(H,24,25,26). The highest BCUT2D eigenvalue weighted by Gasteiger charge is 2.22. The summed E-state index contributed by atoms with van der Waals surface area (Å²) >= 11 is 0. The van der Waals surface area contributed by atoms with E-state index in [0.29, 0.717) is 0 Å². The third kappa shape index (κ3) is 5.36. The van der Waals surface area contributed by atoms with E-state index in [-0.39, 0.29) is 11.1 Å². The van der Waals surface area contributed by atoms with Crippen LogP contribution in [0.4, 0.5) is 0 Å². The first-order chi connectivity index (χ1) is 13.0. The molecule has 28 heavy (non-hydrogen) atoms. The lowest BCUT2D eigenvalue weighted by Crippen LogP contribution is -2.18. The fourth-order valence-electron chi connectivity index (χ4n) is 2.22. The highest BCUT2D eigenvalue weighted by molar-refractivity contribution is 8.02. The van der Waals surface area contributed by atoms with Gasteiger partial charge in [-0.2, -0.15) is 16.8 Å². The summed E-state index contributed by atoms with van der Waals surface area (Å²) in [5.74, 6) is -0.870. The van der Waals surface area contributed by atoms with Crippen molar-refractivity contribution in [1.29, 1.82) is 0 Å². The Hall–Kier alpha value is -2.80. The molecule has 10 nitrogen and oxygen atoms in total. The molecule has 0 heterocycles. The minimum absolute atomic E-state index is 0.246. The molecule has 0 aliphatic rings. The van der Waals surface area contributed by atoms with Crippen molar-refractivity contribution in [1.82, 2.24) is 0 Å². The average molecular weight is 428 g/mol. The molecule has 0 radical (unpaired) electrons. The zero-order valence-corrected chi connectivity index (χ0v) is 15.8. The van der Waals surface area contributed by atoms with Crippen molar-refractivity contribution < 1.29 is 36.2 Å². The second kappa shape index (κ2) is 8.48. The van der Waals surface area contributed by atoms with Crippen molar-refractivity contribution in [2.75, 3.05) is 13.1 Å². The smallest absolute Gasteiger partial charge is 0.312 e. The van der Waals surface area contributed by atoms with Crippen LogP contribution in [0.5, 0.6) is 11.5 Å². The van der Waals surface area contributed by atoms with Crippen LogP contribution in [0.3, 0.4) is 0 Å². The molecule has 0 bridgehead atoms. The molecular weight excluding hydrogens is 412 g/mol. The van der Waals surface area contributed by atoms with Crippen LogP contribution in [0, 0.1) is 0 Å². The maximum Gasteiger partial charge on any atom is 0.312 e. The lowest BCUT2D eigenvalue weighted by Gasteiger charge is -2.07. The fourth-order valence-corrected chi connectivity index (χ4v) is 3.63. The van der Waals surface area contributed by atoms with E-state index < -0.39 is 54.9 Å². The fraction of sp³-hybridized carbons (Fsp3) is 0.125. The van der Waals surface area contributed by atoms with Gasteiger partial charge in [-0.05, 0) is 24.3 Å².